The van der Waals surface area contributed by atoms with Crippen LogP contribution in [0.15, 0.2) is 48.5 Å². The summed E-state index contributed by atoms with van der Waals surface area (Å²) < 4.78 is 0. The minimum absolute atomic E-state index is 0.343. The predicted molar refractivity (Wildman–Crippen MR) is 73.6 cm³/mol. The highest BCUT2D eigenvalue weighted by Gasteiger charge is 2.28. The fraction of sp³-hybridized carbons (Fsp3) is 0.294. The Labute approximate surface area is 108 Å². The van der Waals surface area contributed by atoms with Crippen LogP contribution in [0.5, 0.6) is 0 Å². The van der Waals surface area contributed by atoms with Gasteiger partial charge in [0.15, 0.2) is 0 Å². The molecule has 0 bridgehead atoms. The topological polar surface area (TPSA) is 20.2 Å². The highest BCUT2D eigenvalue weighted by Crippen LogP contribution is 2.40. The Morgan fingerprint density at radius 3 is 2.61 bits per heavy atom. The van der Waals surface area contributed by atoms with Gasteiger partial charge in [0, 0.05) is 0 Å². The average molecular weight is 238 g/mol. The number of rotatable bonds is 3. The SMILES string of the molecule is Cc1ccccc1C(O)CC1Cc2ccccc21. The molecule has 1 aliphatic carbocycles. The lowest BCUT2D eigenvalue weighted by molar-refractivity contribution is 0.153. The van der Waals surface area contributed by atoms with Crippen molar-refractivity contribution in [3.63, 3.8) is 0 Å². The standard InChI is InChI=1S/C17H18O/c1-12-6-2-4-8-15(12)17(18)11-14-10-13-7-3-5-9-16(13)14/h2-9,14,17-18H,10-11H2,1H3. The van der Waals surface area contributed by atoms with Gasteiger partial charge >= 0.3 is 0 Å². The number of aryl methyl sites for hydroxylation is 1. The van der Waals surface area contributed by atoms with E-state index in [1.165, 1.54) is 16.7 Å². The lowest BCUT2D eigenvalue weighted by Crippen LogP contribution is -2.19. The minimum atomic E-state index is -0.343. The second-order valence-electron chi connectivity index (χ2n) is 5.21. The van der Waals surface area contributed by atoms with Gasteiger partial charge in [0.05, 0.1) is 6.10 Å². The van der Waals surface area contributed by atoms with Gasteiger partial charge in [-0.2, -0.15) is 0 Å². The summed E-state index contributed by atoms with van der Waals surface area (Å²) in [6.45, 7) is 2.06. The van der Waals surface area contributed by atoms with Crippen molar-refractivity contribution in [2.75, 3.05) is 0 Å². The van der Waals surface area contributed by atoms with Crippen molar-refractivity contribution in [1.82, 2.24) is 0 Å². The number of hydrogen-bond acceptors (Lipinski definition) is 1. The Kier molecular flexibility index (Phi) is 2.92. The van der Waals surface area contributed by atoms with Crippen molar-refractivity contribution in [3.05, 3.63) is 70.8 Å². The van der Waals surface area contributed by atoms with Gasteiger partial charge in [-0.3, -0.25) is 0 Å². The lowest BCUT2D eigenvalue weighted by Gasteiger charge is -2.32. The molecule has 2 unspecified atom stereocenters. The third-order valence-corrected chi connectivity index (χ3v) is 4.02. The van der Waals surface area contributed by atoms with E-state index in [1.807, 2.05) is 18.2 Å². The minimum Gasteiger partial charge on any atom is -0.388 e. The molecule has 3 rings (SSSR count). The molecular weight excluding hydrogens is 220 g/mol. The molecule has 0 aromatic heterocycles. The van der Waals surface area contributed by atoms with E-state index in [1.54, 1.807) is 0 Å². The summed E-state index contributed by atoms with van der Waals surface area (Å²) in [6, 6.07) is 16.7. The molecule has 0 saturated carbocycles. The zero-order valence-electron chi connectivity index (χ0n) is 10.6. The number of aliphatic hydroxyl groups excluding tert-OH is 1. The third kappa shape index (κ3) is 1.95. The maximum absolute atomic E-state index is 10.4. The van der Waals surface area contributed by atoms with Gasteiger partial charge in [0.25, 0.3) is 0 Å². The summed E-state index contributed by atoms with van der Waals surface area (Å²) in [7, 11) is 0. The highest BCUT2D eigenvalue weighted by molar-refractivity contribution is 5.40. The van der Waals surface area contributed by atoms with Crippen molar-refractivity contribution >= 4 is 0 Å². The Balaban J connectivity index is 1.74. The summed E-state index contributed by atoms with van der Waals surface area (Å²) in [5, 5.41) is 10.4. The first-order valence-corrected chi connectivity index (χ1v) is 6.57. The summed E-state index contributed by atoms with van der Waals surface area (Å²) >= 11 is 0. The Bertz CT molecular complexity index is 559. The number of benzene rings is 2. The van der Waals surface area contributed by atoms with Gasteiger partial charge in [0.2, 0.25) is 0 Å². The summed E-state index contributed by atoms with van der Waals surface area (Å²) in [5.41, 5.74) is 5.11. The smallest absolute Gasteiger partial charge is 0.0798 e. The van der Waals surface area contributed by atoms with Crippen molar-refractivity contribution < 1.29 is 5.11 Å². The monoisotopic (exact) mass is 238 g/mol. The fourth-order valence-corrected chi connectivity index (χ4v) is 2.93. The Morgan fingerprint density at radius 1 is 1.11 bits per heavy atom. The van der Waals surface area contributed by atoms with Gasteiger partial charge in [-0.1, -0.05) is 48.5 Å². The molecular formula is C17H18O. The van der Waals surface area contributed by atoms with Crippen LogP contribution < -0.4 is 0 Å². The summed E-state index contributed by atoms with van der Waals surface area (Å²) in [5.74, 6) is 0.524. The lowest BCUT2D eigenvalue weighted by atomic mass is 9.74. The van der Waals surface area contributed by atoms with E-state index in [9.17, 15) is 5.11 Å². The molecule has 0 heterocycles. The highest BCUT2D eigenvalue weighted by atomic mass is 16.3. The molecule has 0 fully saturated rings. The van der Waals surface area contributed by atoms with Crippen LogP contribution in [-0.2, 0) is 6.42 Å². The molecule has 2 aromatic carbocycles. The van der Waals surface area contributed by atoms with Crippen molar-refractivity contribution in [2.24, 2.45) is 0 Å². The van der Waals surface area contributed by atoms with Crippen LogP contribution >= 0.6 is 0 Å². The first kappa shape index (κ1) is 11.5. The molecule has 1 heteroatoms. The molecule has 0 spiro atoms. The zero-order valence-corrected chi connectivity index (χ0v) is 10.6. The Hall–Kier alpha value is -1.60. The Morgan fingerprint density at radius 2 is 1.83 bits per heavy atom. The molecule has 0 radical (unpaired) electrons. The van der Waals surface area contributed by atoms with Crippen LogP contribution in [0.2, 0.25) is 0 Å². The second-order valence-corrected chi connectivity index (χ2v) is 5.21. The van der Waals surface area contributed by atoms with Gasteiger partial charge in [-0.05, 0) is 47.9 Å². The number of fused-ring (bicyclic) bond motifs is 1. The second kappa shape index (κ2) is 4.58. The molecule has 0 aliphatic heterocycles. The molecule has 2 aromatic rings. The molecule has 1 nitrogen and oxygen atoms in total. The van der Waals surface area contributed by atoms with Crippen LogP contribution in [0, 0.1) is 6.92 Å². The van der Waals surface area contributed by atoms with E-state index in [-0.39, 0.29) is 6.10 Å². The number of aliphatic hydroxyl groups is 1. The normalized spacial score (nSPS) is 18.9. The molecule has 1 aliphatic rings. The molecule has 1 N–H and O–H groups in total. The van der Waals surface area contributed by atoms with Gasteiger partial charge in [-0.15, -0.1) is 0 Å². The molecule has 0 saturated heterocycles. The first-order chi connectivity index (χ1) is 8.75. The first-order valence-electron chi connectivity index (χ1n) is 6.57. The quantitative estimate of drug-likeness (QED) is 0.863. The van der Waals surface area contributed by atoms with Gasteiger partial charge in [-0.25, -0.2) is 0 Å². The molecule has 18 heavy (non-hydrogen) atoms. The fourth-order valence-electron chi connectivity index (χ4n) is 2.93. The molecule has 92 valence electrons. The molecule has 2 atom stereocenters. The van der Waals surface area contributed by atoms with Crippen molar-refractivity contribution in [3.8, 4) is 0 Å². The van der Waals surface area contributed by atoms with E-state index in [2.05, 4.69) is 37.3 Å². The summed E-state index contributed by atoms with van der Waals surface area (Å²) in [6.07, 6.45) is 1.60. The molecule has 0 amide bonds. The van der Waals surface area contributed by atoms with E-state index in [0.717, 1.165) is 18.4 Å². The van der Waals surface area contributed by atoms with Crippen LogP contribution in [0.3, 0.4) is 0 Å². The van der Waals surface area contributed by atoms with E-state index in [4.69, 9.17) is 0 Å². The van der Waals surface area contributed by atoms with E-state index in [0.29, 0.717) is 5.92 Å². The predicted octanol–water partition coefficient (Wildman–Crippen LogP) is 3.76. The number of hydrogen-bond donors (Lipinski definition) is 1. The van der Waals surface area contributed by atoms with E-state index >= 15 is 0 Å². The van der Waals surface area contributed by atoms with E-state index < -0.39 is 0 Å². The maximum Gasteiger partial charge on any atom is 0.0798 e. The third-order valence-electron chi connectivity index (χ3n) is 4.02. The van der Waals surface area contributed by atoms with Crippen LogP contribution in [0.25, 0.3) is 0 Å². The summed E-state index contributed by atoms with van der Waals surface area (Å²) in [4.78, 5) is 0. The van der Waals surface area contributed by atoms with Gasteiger partial charge < -0.3 is 5.11 Å². The maximum atomic E-state index is 10.4. The average Bonchev–Trinajstić information content (AvgIpc) is 2.36. The van der Waals surface area contributed by atoms with Crippen LogP contribution in [0.1, 0.15) is 40.7 Å². The van der Waals surface area contributed by atoms with Crippen molar-refractivity contribution in [2.45, 2.75) is 31.8 Å². The zero-order chi connectivity index (χ0) is 12.5. The van der Waals surface area contributed by atoms with Crippen molar-refractivity contribution in [1.29, 1.82) is 0 Å². The largest absolute Gasteiger partial charge is 0.388 e. The van der Waals surface area contributed by atoms with Crippen LogP contribution in [0.4, 0.5) is 0 Å². The van der Waals surface area contributed by atoms with Crippen LogP contribution in [-0.4, -0.2) is 5.11 Å². The van der Waals surface area contributed by atoms with Gasteiger partial charge in [0.1, 0.15) is 0 Å².